The van der Waals surface area contributed by atoms with Crippen molar-refractivity contribution in [1.29, 1.82) is 0 Å². The van der Waals surface area contributed by atoms with Crippen molar-refractivity contribution in [3.8, 4) is 0 Å². The molecule has 0 saturated carbocycles. The van der Waals surface area contributed by atoms with Crippen molar-refractivity contribution in [1.82, 2.24) is 9.97 Å². The normalized spacial score (nSPS) is 9.08. The molecule has 0 spiro atoms. The van der Waals surface area contributed by atoms with E-state index in [1.807, 2.05) is 18.2 Å². The van der Waals surface area contributed by atoms with Crippen LogP contribution in [0.25, 0.3) is 0 Å². The molecule has 4 N–H and O–H groups in total. The van der Waals surface area contributed by atoms with Crippen LogP contribution in [0.15, 0.2) is 49.9 Å². The molecule has 0 atom stereocenters. The Balaban J connectivity index is 0. The average molecular weight is 558 g/mol. The average Bonchev–Trinajstić information content (AvgIpc) is 2.44. The number of rotatable bonds is 0. The van der Waals surface area contributed by atoms with Gasteiger partial charge in [-0.15, -0.1) is 0 Å². The number of alkyl halides is 4. The molecule has 2 heterocycles. The summed E-state index contributed by atoms with van der Waals surface area (Å²) in [5.74, 6) is 1.08. The van der Waals surface area contributed by atoms with Crippen molar-refractivity contribution in [3.05, 3.63) is 45.6 Å². The molecular formula is C11H11BBr2Cl4N5S. The second kappa shape index (κ2) is 15.5. The van der Waals surface area contributed by atoms with Crippen molar-refractivity contribution in [2.75, 3.05) is 11.5 Å². The second-order valence-corrected chi connectivity index (χ2v) is 8.75. The standard InChI is InChI=1S/C5H4Br2N2.C5H6N2.CCl4.BHNS/c6-3-1-4(7)5(8)9-2-3;6-5-3-1-2-4-7-5;2-1(3,4)5;1-2-3/h1-2H,(H2,8,9);1-4H,(H2,6,7);;3H. The zero-order chi connectivity index (χ0) is 19.2. The SMILES string of the molecule is ClC(Cl)(Cl)Cl.Nc1ccccn1.Nc1ncc(Br)cc1Br.[B]=NS. The number of hydrogen-bond acceptors (Lipinski definition) is 6. The summed E-state index contributed by atoms with van der Waals surface area (Å²) in [6.45, 7) is 0. The molecule has 0 aliphatic rings. The van der Waals surface area contributed by atoms with Crippen LogP contribution in [0.1, 0.15) is 0 Å². The van der Waals surface area contributed by atoms with Crippen LogP contribution in [-0.4, -0.2) is 20.9 Å². The van der Waals surface area contributed by atoms with Gasteiger partial charge in [0.25, 0.3) is 3.25 Å². The quantitative estimate of drug-likeness (QED) is 0.224. The first-order valence-electron chi connectivity index (χ1n) is 5.54. The summed E-state index contributed by atoms with van der Waals surface area (Å²) in [7, 11) is 4.34. The van der Waals surface area contributed by atoms with E-state index in [1.165, 1.54) is 0 Å². The zero-order valence-corrected chi connectivity index (χ0v) is 18.8. The molecule has 2 rings (SSSR count). The fraction of sp³-hybridized carbons (Fsp3) is 0.0909. The Bertz CT molecular complexity index is 586. The summed E-state index contributed by atoms with van der Waals surface area (Å²) in [6.07, 6.45) is 3.31. The first-order chi connectivity index (χ1) is 11.0. The molecule has 0 aliphatic carbocycles. The summed E-state index contributed by atoms with van der Waals surface area (Å²) < 4.78 is 2.82. The number of hydrogen-bond donors (Lipinski definition) is 3. The van der Waals surface area contributed by atoms with Gasteiger partial charge < -0.3 is 11.5 Å². The Hall–Kier alpha value is 0.235. The van der Waals surface area contributed by atoms with Gasteiger partial charge in [-0.25, -0.2) is 9.97 Å². The predicted octanol–water partition coefficient (Wildman–Crippen LogP) is 5.59. The molecule has 24 heavy (non-hydrogen) atoms. The van der Waals surface area contributed by atoms with E-state index in [9.17, 15) is 0 Å². The van der Waals surface area contributed by atoms with Gasteiger partial charge in [-0.2, -0.15) is 0 Å². The van der Waals surface area contributed by atoms with Gasteiger partial charge in [0, 0.05) is 16.9 Å². The maximum absolute atomic E-state index is 5.41. The molecule has 13 heteroatoms. The molecule has 0 fully saturated rings. The topological polar surface area (TPSA) is 90.2 Å². The molecule has 0 amide bonds. The van der Waals surface area contributed by atoms with Gasteiger partial charge in [0.2, 0.25) is 0 Å². The van der Waals surface area contributed by atoms with Gasteiger partial charge in [0.1, 0.15) is 11.6 Å². The van der Waals surface area contributed by atoms with Crippen molar-refractivity contribution in [2.45, 2.75) is 3.25 Å². The Morgan fingerprint density at radius 3 is 1.88 bits per heavy atom. The molecule has 131 valence electrons. The molecule has 2 aromatic heterocycles. The van der Waals surface area contributed by atoms with Gasteiger partial charge in [-0.1, -0.05) is 52.5 Å². The van der Waals surface area contributed by atoms with E-state index in [2.05, 4.69) is 66.6 Å². The van der Waals surface area contributed by atoms with E-state index in [-0.39, 0.29) is 0 Å². The molecule has 1 radical (unpaired) electrons. The first kappa shape index (κ1) is 26.5. The van der Waals surface area contributed by atoms with E-state index in [0.29, 0.717) is 11.6 Å². The predicted molar refractivity (Wildman–Crippen MR) is 116 cm³/mol. The second-order valence-electron chi connectivity index (χ2n) is 3.32. The number of nitrogens with zero attached hydrogens (tertiary/aromatic N) is 3. The van der Waals surface area contributed by atoms with Crippen LogP contribution in [0.3, 0.4) is 0 Å². The number of pyridine rings is 2. The summed E-state index contributed by atoms with van der Waals surface area (Å²) in [4.78, 5) is 7.62. The molecule has 0 aliphatic heterocycles. The minimum atomic E-state index is -1.61. The number of anilines is 2. The Morgan fingerprint density at radius 2 is 1.62 bits per heavy atom. The first-order valence-corrected chi connectivity index (χ1v) is 9.04. The third-order valence-electron chi connectivity index (χ3n) is 1.52. The fourth-order valence-electron chi connectivity index (χ4n) is 0.801. The molecule has 0 bridgehead atoms. The van der Waals surface area contributed by atoms with E-state index in [0.717, 1.165) is 8.95 Å². The van der Waals surface area contributed by atoms with Crippen LogP contribution in [-0.2, 0) is 0 Å². The number of nitrogens with two attached hydrogens (primary N) is 2. The maximum atomic E-state index is 5.41. The molecule has 0 saturated heterocycles. The van der Waals surface area contributed by atoms with Crippen LogP contribution in [0, 0.1) is 0 Å². The van der Waals surface area contributed by atoms with Crippen molar-refractivity contribution >= 4 is 110 Å². The van der Waals surface area contributed by atoms with E-state index in [1.54, 1.807) is 18.5 Å². The zero-order valence-electron chi connectivity index (χ0n) is 11.8. The Kier molecular flexibility index (Phi) is 17.1. The van der Waals surface area contributed by atoms with E-state index >= 15 is 0 Å². The molecule has 5 nitrogen and oxygen atoms in total. The summed E-state index contributed by atoms with van der Waals surface area (Å²) in [5.41, 5.74) is 10.7. The van der Waals surface area contributed by atoms with Gasteiger partial charge in [-0.05, 0) is 50.1 Å². The summed E-state index contributed by atoms with van der Waals surface area (Å²) >= 11 is 29.0. The van der Waals surface area contributed by atoms with Gasteiger partial charge in [0.05, 0.1) is 4.47 Å². The Labute approximate surface area is 183 Å². The van der Waals surface area contributed by atoms with Crippen molar-refractivity contribution < 1.29 is 0 Å². The monoisotopic (exact) mass is 554 g/mol. The molecule has 0 aromatic carbocycles. The third-order valence-corrected chi connectivity index (χ3v) is 2.59. The molecule has 0 unspecified atom stereocenters. The molecular weight excluding hydrogens is 547 g/mol. The van der Waals surface area contributed by atoms with E-state index in [4.69, 9.17) is 57.9 Å². The van der Waals surface area contributed by atoms with Crippen LogP contribution in [0.5, 0.6) is 0 Å². The number of halogens is 6. The number of thiol groups is 1. The van der Waals surface area contributed by atoms with Gasteiger partial charge in [-0.3, -0.25) is 0 Å². The number of aromatic nitrogens is 2. The van der Waals surface area contributed by atoms with Crippen LogP contribution in [0.4, 0.5) is 11.6 Å². The van der Waals surface area contributed by atoms with Crippen molar-refractivity contribution in [3.63, 3.8) is 0 Å². The van der Waals surface area contributed by atoms with Gasteiger partial charge >= 0.3 is 24.8 Å². The minimum absolute atomic E-state index is 0.512. The van der Waals surface area contributed by atoms with E-state index < -0.39 is 3.25 Å². The van der Waals surface area contributed by atoms with Crippen LogP contribution < -0.4 is 11.5 Å². The van der Waals surface area contributed by atoms with Crippen LogP contribution >= 0.6 is 91.1 Å². The summed E-state index contributed by atoms with van der Waals surface area (Å²) in [5, 5.41) is 0. The fourth-order valence-corrected chi connectivity index (χ4v) is 1.79. The molecule has 2 aromatic rings. The Morgan fingerprint density at radius 1 is 1.12 bits per heavy atom. The number of nitrogen functional groups attached to an aromatic ring is 2. The van der Waals surface area contributed by atoms with Gasteiger partial charge in [0.15, 0.2) is 0 Å². The van der Waals surface area contributed by atoms with Crippen molar-refractivity contribution in [2.24, 2.45) is 4.30 Å². The van der Waals surface area contributed by atoms with Crippen LogP contribution in [0.2, 0.25) is 0 Å². The third kappa shape index (κ3) is 22.2. The summed E-state index contributed by atoms with van der Waals surface area (Å²) in [6, 6.07) is 7.28.